The van der Waals surface area contributed by atoms with Gasteiger partial charge in [-0.15, -0.1) is 0 Å². The van der Waals surface area contributed by atoms with Crippen molar-refractivity contribution in [2.24, 2.45) is 5.73 Å². The lowest BCUT2D eigenvalue weighted by Gasteiger charge is -2.10. The average molecular weight is 275 g/mol. The van der Waals surface area contributed by atoms with E-state index >= 15 is 0 Å². The molecule has 2 aromatic carbocycles. The van der Waals surface area contributed by atoms with Crippen LogP contribution in [0.25, 0.3) is 0 Å². The van der Waals surface area contributed by atoms with Gasteiger partial charge in [0.25, 0.3) is 0 Å². The molecule has 0 radical (unpaired) electrons. The summed E-state index contributed by atoms with van der Waals surface area (Å²) in [6.45, 7) is 2.64. The molecule has 4 heteroatoms. The monoisotopic (exact) mass is 274 g/mol. The molecule has 0 saturated heterocycles. The van der Waals surface area contributed by atoms with E-state index in [-0.39, 0.29) is 0 Å². The number of aryl methyl sites for hydroxylation is 1. The Bertz CT molecular complexity index is 594. The number of hydrogen-bond acceptors (Lipinski definition) is 2. The van der Waals surface area contributed by atoms with Crippen molar-refractivity contribution in [1.82, 2.24) is 0 Å². The van der Waals surface area contributed by atoms with Crippen molar-refractivity contribution in [3.8, 4) is 0 Å². The number of nitrogens with one attached hydrogen (secondary N) is 1. The van der Waals surface area contributed by atoms with Crippen molar-refractivity contribution in [2.45, 2.75) is 13.5 Å². The Morgan fingerprint density at radius 3 is 2.47 bits per heavy atom. The Morgan fingerprint density at radius 2 is 1.89 bits per heavy atom. The van der Waals surface area contributed by atoms with Crippen LogP contribution in [0.15, 0.2) is 42.5 Å². The summed E-state index contributed by atoms with van der Waals surface area (Å²) in [4.78, 5) is 11.1. The summed E-state index contributed by atoms with van der Waals surface area (Å²) in [6.07, 6.45) is 0. The number of carbonyl (C=O) groups excluding carboxylic acids is 1. The highest BCUT2D eigenvalue weighted by Gasteiger charge is 2.04. The highest BCUT2D eigenvalue weighted by atomic mass is 35.5. The molecule has 0 fully saturated rings. The van der Waals surface area contributed by atoms with Crippen LogP contribution in [0.4, 0.5) is 5.69 Å². The zero-order valence-electron chi connectivity index (χ0n) is 10.6. The maximum atomic E-state index is 11.1. The van der Waals surface area contributed by atoms with Crippen molar-refractivity contribution >= 4 is 23.2 Å². The number of benzene rings is 2. The number of anilines is 1. The van der Waals surface area contributed by atoms with Crippen molar-refractivity contribution in [3.05, 3.63) is 64.2 Å². The Labute approximate surface area is 117 Å². The Kier molecular flexibility index (Phi) is 4.07. The quantitative estimate of drug-likeness (QED) is 0.898. The molecule has 1 amide bonds. The molecular weight excluding hydrogens is 260 g/mol. The third-order valence-electron chi connectivity index (χ3n) is 2.91. The zero-order chi connectivity index (χ0) is 13.8. The van der Waals surface area contributed by atoms with Gasteiger partial charge in [-0.1, -0.05) is 23.7 Å². The van der Waals surface area contributed by atoms with Gasteiger partial charge in [-0.25, -0.2) is 0 Å². The molecule has 0 aromatic heterocycles. The third kappa shape index (κ3) is 3.48. The molecule has 0 aliphatic carbocycles. The van der Waals surface area contributed by atoms with E-state index in [4.69, 9.17) is 17.3 Å². The Balaban J connectivity index is 2.07. The van der Waals surface area contributed by atoms with Gasteiger partial charge in [0.15, 0.2) is 0 Å². The minimum atomic E-state index is -0.410. The minimum absolute atomic E-state index is 0.410. The van der Waals surface area contributed by atoms with Crippen LogP contribution in [0, 0.1) is 6.92 Å². The summed E-state index contributed by atoms with van der Waals surface area (Å²) in [7, 11) is 0. The van der Waals surface area contributed by atoms with Gasteiger partial charge in [0, 0.05) is 22.8 Å². The maximum Gasteiger partial charge on any atom is 0.248 e. The largest absolute Gasteiger partial charge is 0.381 e. The summed E-state index contributed by atoms with van der Waals surface area (Å²) >= 11 is 5.84. The normalized spacial score (nSPS) is 10.2. The van der Waals surface area contributed by atoms with Gasteiger partial charge in [0.1, 0.15) is 0 Å². The first-order chi connectivity index (χ1) is 9.06. The number of halogens is 1. The van der Waals surface area contributed by atoms with Crippen LogP contribution in [0.3, 0.4) is 0 Å². The van der Waals surface area contributed by atoms with Crippen LogP contribution < -0.4 is 11.1 Å². The predicted octanol–water partition coefficient (Wildman–Crippen LogP) is 3.36. The average Bonchev–Trinajstić information content (AvgIpc) is 2.39. The van der Waals surface area contributed by atoms with Crippen molar-refractivity contribution < 1.29 is 4.79 Å². The second kappa shape index (κ2) is 5.76. The fraction of sp³-hybridized carbons (Fsp3) is 0.133. The Morgan fingerprint density at radius 1 is 1.21 bits per heavy atom. The van der Waals surface area contributed by atoms with E-state index in [0.717, 1.165) is 21.8 Å². The van der Waals surface area contributed by atoms with Crippen molar-refractivity contribution in [3.63, 3.8) is 0 Å². The molecule has 0 heterocycles. The highest BCUT2D eigenvalue weighted by molar-refractivity contribution is 6.30. The maximum absolute atomic E-state index is 11.1. The van der Waals surface area contributed by atoms with Crippen molar-refractivity contribution in [1.29, 1.82) is 0 Å². The van der Waals surface area contributed by atoms with E-state index in [1.54, 1.807) is 12.1 Å². The fourth-order valence-electron chi connectivity index (χ4n) is 1.81. The molecule has 0 saturated carbocycles. The van der Waals surface area contributed by atoms with Crippen LogP contribution in [0.5, 0.6) is 0 Å². The molecular formula is C15H15ClN2O. The molecule has 0 atom stereocenters. The molecule has 0 unspecified atom stereocenters. The number of nitrogens with two attached hydrogens (primary N) is 1. The zero-order valence-corrected chi connectivity index (χ0v) is 11.4. The second-order valence-corrected chi connectivity index (χ2v) is 4.81. The van der Waals surface area contributed by atoms with Gasteiger partial charge in [0.05, 0.1) is 0 Å². The van der Waals surface area contributed by atoms with Gasteiger partial charge in [-0.05, 0) is 48.4 Å². The SMILES string of the molecule is Cc1cc(C(N)=O)ccc1NCc1ccc(Cl)cc1. The van der Waals surface area contributed by atoms with Gasteiger partial charge in [-0.3, -0.25) is 4.79 Å². The number of carbonyl (C=O) groups is 1. The molecule has 0 aliphatic heterocycles. The Hall–Kier alpha value is -2.00. The molecule has 19 heavy (non-hydrogen) atoms. The topological polar surface area (TPSA) is 55.1 Å². The van der Waals surface area contributed by atoms with Crippen molar-refractivity contribution in [2.75, 3.05) is 5.32 Å². The van der Waals surface area contributed by atoms with Crippen LogP contribution >= 0.6 is 11.6 Å². The van der Waals surface area contributed by atoms with E-state index < -0.39 is 5.91 Å². The highest BCUT2D eigenvalue weighted by Crippen LogP contribution is 2.18. The van der Waals surface area contributed by atoms with Crippen LogP contribution in [-0.2, 0) is 6.54 Å². The lowest BCUT2D eigenvalue weighted by molar-refractivity contribution is 0.1000. The van der Waals surface area contributed by atoms with Crippen LogP contribution in [-0.4, -0.2) is 5.91 Å². The molecule has 0 bridgehead atoms. The standard InChI is InChI=1S/C15H15ClN2O/c1-10-8-12(15(17)19)4-7-14(10)18-9-11-2-5-13(16)6-3-11/h2-8,18H,9H2,1H3,(H2,17,19). The molecule has 98 valence electrons. The van der Waals surface area contributed by atoms with E-state index in [0.29, 0.717) is 12.1 Å². The molecule has 2 aromatic rings. The first-order valence-corrected chi connectivity index (χ1v) is 6.33. The minimum Gasteiger partial charge on any atom is -0.381 e. The lowest BCUT2D eigenvalue weighted by Crippen LogP contribution is -2.11. The van der Waals surface area contributed by atoms with Gasteiger partial charge in [0.2, 0.25) is 5.91 Å². The van der Waals surface area contributed by atoms with E-state index in [2.05, 4.69) is 5.32 Å². The van der Waals surface area contributed by atoms with Gasteiger partial charge in [-0.2, -0.15) is 0 Å². The summed E-state index contributed by atoms with van der Waals surface area (Å²) in [5.41, 5.74) is 8.88. The van der Waals surface area contributed by atoms with Crippen LogP contribution in [0.1, 0.15) is 21.5 Å². The summed E-state index contributed by atoms with van der Waals surface area (Å²) < 4.78 is 0. The third-order valence-corrected chi connectivity index (χ3v) is 3.16. The first-order valence-electron chi connectivity index (χ1n) is 5.95. The number of primary amides is 1. The molecule has 0 spiro atoms. The van der Waals surface area contributed by atoms with E-state index in [1.807, 2.05) is 37.3 Å². The van der Waals surface area contributed by atoms with E-state index in [1.165, 1.54) is 0 Å². The summed E-state index contributed by atoms with van der Waals surface area (Å²) in [5.74, 6) is -0.410. The predicted molar refractivity (Wildman–Crippen MR) is 78.5 cm³/mol. The first kappa shape index (κ1) is 13.4. The summed E-state index contributed by atoms with van der Waals surface area (Å²) in [5, 5.41) is 4.05. The van der Waals surface area contributed by atoms with Gasteiger partial charge < -0.3 is 11.1 Å². The molecule has 2 rings (SSSR count). The van der Waals surface area contributed by atoms with E-state index in [9.17, 15) is 4.79 Å². The number of hydrogen-bond donors (Lipinski definition) is 2. The smallest absolute Gasteiger partial charge is 0.248 e. The summed E-state index contributed by atoms with van der Waals surface area (Å²) in [6, 6.07) is 13.0. The van der Waals surface area contributed by atoms with Gasteiger partial charge >= 0.3 is 0 Å². The fourth-order valence-corrected chi connectivity index (χ4v) is 1.94. The number of rotatable bonds is 4. The molecule has 0 aliphatic rings. The lowest BCUT2D eigenvalue weighted by atomic mass is 10.1. The van der Waals surface area contributed by atoms with Crippen LogP contribution in [0.2, 0.25) is 5.02 Å². The molecule has 3 nitrogen and oxygen atoms in total. The number of amides is 1. The molecule has 3 N–H and O–H groups in total. The second-order valence-electron chi connectivity index (χ2n) is 4.37.